The molecule has 128 valence electrons. The highest BCUT2D eigenvalue weighted by atomic mass is 15.0. The summed E-state index contributed by atoms with van der Waals surface area (Å²) in [6.45, 7) is 20.8. The minimum atomic E-state index is 0.164. The van der Waals surface area contributed by atoms with Crippen LogP contribution in [0.15, 0.2) is 0 Å². The Kier molecular flexibility index (Phi) is 6.29. The maximum absolute atomic E-state index is 5.14. The Labute approximate surface area is 138 Å². The van der Waals surface area contributed by atoms with Crippen molar-refractivity contribution in [3.8, 4) is 0 Å². The Balaban J connectivity index is 3.46. The number of nitrogens with one attached hydrogen (secondary N) is 1. The predicted molar refractivity (Wildman–Crippen MR) is 97.7 cm³/mol. The second-order valence-electron chi connectivity index (χ2n) is 8.28. The van der Waals surface area contributed by atoms with E-state index in [1.165, 1.54) is 30.1 Å². The smallest absolute Gasteiger partial charge is 0.109 e. The number of imidazole rings is 1. The van der Waals surface area contributed by atoms with Gasteiger partial charge in [0.15, 0.2) is 0 Å². The molecular weight excluding hydrogens is 268 g/mol. The van der Waals surface area contributed by atoms with Crippen molar-refractivity contribution in [3.63, 3.8) is 0 Å². The molecule has 1 heterocycles. The summed E-state index contributed by atoms with van der Waals surface area (Å²) in [5.74, 6) is 2.26. The molecule has 1 atom stereocenters. The van der Waals surface area contributed by atoms with Gasteiger partial charge in [0, 0.05) is 22.4 Å². The van der Waals surface area contributed by atoms with Gasteiger partial charge in [-0.25, -0.2) is 4.98 Å². The van der Waals surface area contributed by atoms with Crippen LogP contribution in [0.2, 0.25) is 0 Å². The molecule has 0 aliphatic carbocycles. The second kappa shape index (κ2) is 7.19. The normalized spacial score (nSPS) is 14.6. The van der Waals surface area contributed by atoms with Crippen LogP contribution in [0, 0.1) is 5.92 Å². The zero-order chi connectivity index (χ0) is 17.1. The van der Waals surface area contributed by atoms with E-state index in [-0.39, 0.29) is 10.8 Å². The van der Waals surface area contributed by atoms with Gasteiger partial charge in [-0.15, -0.1) is 0 Å². The van der Waals surface area contributed by atoms with Gasteiger partial charge in [-0.2, -0.15) is 0 Å². The minimum absolute atomic E-state index is 0.164. The van der Waals surface area contributed by atoms with Gasteiger partial charge >= 0.3 is 0 Å². The number of aromatic amines is 1. The van der Waals surface area contributed by atoms with E-state index < -0.39 is 0 Å². The highest BCUT2D eigenvalue weighted by Crippen LogP contribution is 2.40. The predicted octanol–water partition coefficient (Wildman–Crippen LogP) is 6.32. The minimum Gasteiger partial charge on any atom is -0.345 e. The molecule has 0 saturated heterocycles. The van der Waals surface area contributed by atoms with Crippen LogP contribution < -0.4 is 0 Å². The molecule has 0 fully saturated rings. The van der Waals surface area contributed by atoms with Gasteiger partial charge in [-0.3, -0.25) is 0 Å². The number of hydrogen-bond acceptors (Lipinski definition) is 1. The first-order valence-electron chi connectivity index (χ1n) is 9.23. The lowest BCUT2D eigenvalue weighted by molar-refractivity contribution is 0.395. The van der Waals surface area contributed by atoms with Gasteiger partial charge in [0.2, 0.25) is 0 Å². The third-order valence-corrected chi connectivity index (χ3v) is 5.84. The highest BCUT2D eigenvalue weighted by molar-refractivity contribution is 5.30. The molecule has 0 aliphatic heterocycles. The topological polar surface area (TPSA) is 28.7 Å². The second-order valence-corrected chi connectivity index (χ2v) is 8.28. The average Bonchev–Trinajstić information content (AvgIpc) is 2.92. The Hall–Kier alpha value is -0.790. The van der Waals surface area contributed by atoms with E-state index >= 15 is 0 Å². The summed E-state index contributed by atoms with van der Waals surface area (Å²) in [4.78, 5) is 8.89. The number of hydrogen-bond donors (Lipinski definition) is 1. The van der Waals surface area contributed by atoms with E-state index in [2.05, 4.69) is 67.3 Å². The molecule has 1 unspecified atom stereocenters. The fourth-order valence-corrected chi connectivity index (χ4v) is 3.18. The number of nitrogens with zero attached hydrogens (tertiary/aromatic N) is 1. The van der Waals surface area contributed by atoms with E-state index in [4.69, 9.17) is 4.98 Å². The van der Waals surface area contributed by atoms with Crippen LogP contribution in [-0.4, -0.2) is 9.97 Å². The van der Waals surface area contributed by atoms with Gasteiger partial charge in [0.05, 0.1) is 5.69 Å². The van der Waals surface area contributed by atoms with Crippen molar-refractivity contribution in [2.24, 2.45) is 5.92 Å². The molecule has 0 aliphatic rings. The zero-order valence-corrected chi connectivity index (χ0v) is 16.4. The molecule has 1 N–H and O–H groups in total. The standard InChI is InChI=1S/C20H38N2/c1-10-13-19(7,8)16-17(20(9,11-2)12-3)22-18(21-16)15(6)14(4)5/h14-15H,10-13H2,1-9H3,(H,21,22). The monoisotopic (exact) mass is 306 g/mol. The van der Waals surface area contributed by atoms with Crippen molar-refractivity contribution in [2.45, 2.75) is 105 Å². The summed E-state index contributed by atoms with van der Waals surface area (Å²) < 4.78 is 0. The summed E-state index contributed by atoms with van der Waals surface area (Å²) in [5.41, 5.74) is 3.03. The lowest BCUT2D eigenvalue weighted by Gasteiger charge is -2.31. The van der Waals surface area contributed by atoms with E-state index in [0.717, 1.165) is 12.8 Å². The van der Waals surface area contributed by atoms with Crippen LogP contribution in [-0.2, 0) is 10.8 Å². The molecule has 2 nitrogen and oxygen atoms in total. The molecule has 22 heavy (non-hydrogen) atoms. The van der Waals surface area contributed by atoms with Crippen molar-refractivity contribution in [3.05, 3.63) is 17.2 Å². The number of H-pyrrole nitrogens is 1. The number of aromatic nitrogens is 2. The van der Waals surface area contributed by atoms with Crippen molar-refractivity contribution >= 4 is 0 Å². The fraction of sp³-hybridized carbons (Fsp3) is 0.850. The van der Waals surface area contributed by atoms with E-state index in [9.17, 15) is 0 Å². The van der Waals surface area contributed by atoms with Gasteiger partial charge in [0.1, 0.15) is 5.82 Å². The highest BCUT2D eigenvalue weighted by Gasteiger charge is 2.35. The largest absolute Gasteiger partial charge is 0.345 e. The first-order chi connectivity index (χ1) is 10.1. The summed E-state index contributed by atoms with van der Waals surface area (Å²) >= 11 is 0. The van der Waals surface area contributed by atoms with E-state index in [1.54, 1.807) is 0 Å². The molecule has 0 radical (unpaired) electrons. The summed E-state index contributed by atoms with van der Waals surface area (Å²) in [5, 5.41) is 0. The van der Waals surface area contributed by atoms with Crippen molar-refractivity contribution in [1.29, 1.82) is 0 Å². The van der Waals surface area contributed by atoms with Crippen LogP contribution in [0.25, 0.3) is 0 Å². The SMILES string of the molecule is CCCC(C)(C)c1[nH]c(C(C)C(C)C)nc1C(C)(CC)CC. The van der Waals surface area contributed by atoms with Crippen LogP contribution in [0.1, 0.15) is 111 Å². The van der Waals surface area contributed by atoms with Gasteiger partial charge < -0.3 is 4.98 Å². The van der Waals surface area contributed by atoms with Crippen LogP contribution in [0.4, 0.5) is 0 Å². The van der Waals surface area contributed by atoms with Crippen molar-refractivity contribution < 1.29 is 0 Å². The molecule has 0 spiro atoms. The van der Waals surface area contributed by atoms with Crippen molar-refractivity contribution in [2.75, 3.05) is 0 Å². The summed E-state index contributed by atoms with van der Waals surface area (Å²) in [6.07, 6.45) is 4.68. The third kappa shape index (κ3) is 3.75. The Morgan fingerprint density at radius 1 is 1.00 bits per heavy atom. The molecule has 1 aromatic heterocycles. The van der Waals surface area contributed by atoms with E-state index in [1.807, 2.05) is 0 Å². The quantitative estimate of drug-likeness (QED) is 0.597. The van der Waals surface area contributed by atoms with Crippen LogP contribution in [0.5, 0.6) is 0 Å². The molecule has 0 bridgehead atoms. The third-order valence-electron chi connectivity index (χ3n) is 5.84. The molecule has 1 rings (SSSR count). The van der Waals surface area contributed by atoms with Gasteiger partial charge in [-0.05, 0) is 25.2 Å². The summed E-state index contributed by atoms with van der Waals surface area (Å²) in [7, 11) is 0. The fourth-order valence-electron chi connectivity index (χ4n) is 3.18. The Morgan fingerprint density at radius 2 is 1.55 bits per heavy atom. The van der Waals surface area contributed by atoms with Gasteiger partial charge in [-0.1, -0.05) is 68.7 Å². The molecule has 1 aromatic rings. The van der Waals surface area contributed by atoms with E-state index in [0.29, 0.717) is 11.8 Å². The van der Waals surface area contributed by atoms with Crippen LogP contribution in [0.3, 0.4) is 0 Å². The molecule has 0 amide bonds. The first-order valence-corrected chi connectivity index (χ1v) is 9.23. The van der Waals surface area contributed by atoms with Crippen molar-refractivity contribution in [1.82, 2.24) is 9.97 Å². The first kappa shape index (κ1) is 19.3. The maximum atomic E-state index is 5.14. The molecular formula is C20H38N2. The van der Waals surface area contributed by atoms with Crippen LogP contribution >= 0.6 is 0 Å². The Morgan fingerprint density at radius 3 is 1.95 bits per heavy atom. The average molecular weight is 307 g/mol. The molecule has 0 aromatic carbocycles. The number of rotatable bonds is 8. The lowest BCUT2D eigenvalue weighted by atomic mass is 9.74. The Bertz CT molecular complexity index is 464. The zero-order valence-electron chi connectivity index (χ0n) is 16.4. The van der Waals surface area contributed by atoms with Gasteiger partial charge in [0.25, 0.3) is 0 Å². The molecule has 2 heteroatoms. The molecule has 0 saturated carbocycles. The lowest BCUT2D eigenvalue weighted by Crippen LogP contribution is -2.27. The maximum Gasteiger partial charge on any atom is 0.109 e. The summed E-state index contributed by atoms with van der Waals surface area (Å²) in [6, 6.07) is 0.